The molecular weight excluding hydrogens is 320 g/mol. The minimum absolute atomic E-state index is 0.544. The second-order valence-electron chi connectivity index (χ2n) is 5.83. The van der Waals surface area contributed by atoms with Crippen molar-refractivity contribution >= 4 is 28.5 Å². The number of benzene rings is 1. The topological polar surface area (TPSA) is 77.3 Å². The number of hydrogen-bond donors (Lipinski definition) is 1. The molecular formula is C17H20N6O2. The molecule has 0 saturated carbocycles. The van der Waals surface area contributed by atoms with Gasteiger partial charge < -0.3 is 19.7 Å². The Morgan fingerprint density at radius 3 is 2.60 bits per heavy atom. The van der Waals surface area contributed by atoms with Gasteiger partial charge in [-0.25, -0.2) is 0 Å². The second kappa shape index (κ2) is 6.56. The van der Waals surface area contributed by atoms with Gasteiger partial charge in [-0.1, -0.05) is 0 Å². The summed E-state index contributed by atoms with van der Waals surface area (Å²) in [5, 5.41) is 8.55. The number of hydrogen-bond acceptors (Lipinski definition) is 7. The summed E-state index contributed by atoms with van der Waals surface area (Å²) in [5.41, 5.74) is 1.70. The first-order chi connectivity index (χ1) is 12.2. The van der Waals surface area contributed by atoms with Gasteiger partial charge in [-0.3, -0.25) is 4.68 Å². The number of nitrogens with one attached hydrogen (secondary N) is 1. The van der Waals surface area contributed by atoms with Crippen molar-refractivity contribution in [2.75, 3.05) is 43.6 Å². The summed E-state index contributed by atoms with van der Waals surface area (Å²) in [6.07, 6.45) is 1.82. The van der Waals surface area contributed by atoms with Crippen molar-refractivity contribution in [2.24, 2.45) is 7.05 Å². The van der Waals surface area contributed by atoms with Gasteiger partial charge >= 0.3 is 0 Å². The lowest BCUT2D eigenvalue weighted by Gasteiger charge is -2.28. The third-order valence-electron chi connectivity index (χ3n) is 4.23. The lowest BCUT2D eigenvalue weighted by atomic mass is 10.3. The van der Waals surface area contributed by atoms with Gasteiger partial charge in [-0.2, -0.15) is 15.1 Å². The van der Waals surface area contributed by atoms with Crippen LogP contribution in [0.1, 0.15) is 0 Å². The Kier molecular flexibility index (Phi) is 4.10. The number of morpholine rings is 1. The Balaban J connectivity index is 1.71. The monoisotopic (exact) mass is 340 g/mol. The fourth-order valence-electron chi connectivity index (χ4n) is 2.88. The summed E-state index contributed by atoms with van der Waals surface area (Å²) in [7, 11) is 3.53. The average molecular weight is 340 g/mol. The Hall–Kier alpha value is -2.87. The van der Waals surface area contributed by atoms with E-state index in [0.29, 0.717) is 19.2 Å². The van der Waals surface area contributed by atoms with E-state index in [4.69, 9.17) is 14.5 Å². The molecule has 1 saturated heterocycles. The van der Waals surface area contributed by atoms with Crippen LogP contribution in [0.5, 0.6) is 5.75 Å². The molecule has 0 unspecified atom stereocenters. The summed E-state index contributed by atoms with van der Waals surface area (Å²) in [6.45, 7) is 3.02. The van der Waals surface area contributed by atoms with E-state index >= 15 is 0 Å². The zero-order chi connectivity index (χ0) is 17.2. The Labute approximate surface area is 145 Å². The van der Waals surface area contributed by atoms with Crippen molar-refractivity contribution in [3.63, 3.8) is 0 Å². The Bertz CT molecular complexity index is 871. The molecule has 0 atom stereocenters. The molecule has 1 aromatic carbocycles. The molecule has 8 heteroatoms. The van der Waals surface area contributed by atoms with Crippen LogP contribution in [0.2, 0.25) is 0 Å². The number of methoxy groups -OCH3 is 1. The van der Waals surface area contributed by atoms with Crippen LogP contribution in [0.4, 0.5) is 17.5 Å². The van der Waals surface area contributed by atoms with Gasteiger partial charge in [0.2, 0.25) is 5.95 Å². The molecule has 25 heavy (non-hydrogen) atoms. The van der Waals surface area contributed by atoms with Crippen LogP contribution in [0.15, 0.2) is 30.5 Å². The van der Waals surface area contributed by atoms with Crippen LogP contribution in [-0.2, 0) is 11.8 Å². The zero-order valence-corrected chi connectivity index (χ0v) is 14.3. The van der Waals surface area contributed by atoms with E-state index < -0.39 is 0 Å². The van der Waals surface area contributed by atoms with E-state index in [1.165, 1.54) is 0 Å². The predicted molar refractivity (Wildman–Crippen MR) is 95.6 cm³/mol. The number of rotatable bonds is 4. The average Bonchev–Trinajstić information content (AvgIpc) is 3.03. The highest BCUT2D eigenvalue weighted by molar-refractivity contribution is 5.88. The minimum atomic E-state index is 0.544. The molecule has 3 aromatic rings. The van der Waals surface area contributed by atoms with Gasteiger partial charge in [0, 0.05) is 25.8 Å². The molecule has 0 bridgehead atoms. The molecule has 0 amide bonds. The Morgan fingerprint density at radius 2 is 1.88 bits per heavy atom. The molecule has 1 fully saturated rings. The Morgan fingerprint density at radius 1 is 1.12 bits per heavy atom. The quantitative estimate of drug-likeness (QED) is 0.778. The largest absolute Gasteiger partial charge is 0.497 e. The lowest BCUT2D eigenvalue weighted by Crippen LogP contribution is -2.37. The van der Waals surface area contributed by atoms with Gasteiger partial charge in [0.25, 0.3) is 0 Å². The van der Waals surface area contributed by atoms with Crippen LogP contribution in [-0.4, -0.2) is 53.2 Å². The first kappa shape index (κ1) is 15.6. The fraction of sp³-hybridized carbons (Fsp3) is 0.353. The highest BCUT2D eigenvalue weighted by Crippen LogP contribution is 2.27. The van der Waals surface area contributed by atoms with Crippen LogP contribution in [0, 0.1) is 0 Å². The summed E-state index contributed by atoms with van der Waals surface area (Å²) in [4.78, 5) is 11.6. The summed E-state index contributed by atoms with van der Waals surface area (Å²) < 4.78 is 12.4. The molecule has 3 heterocycles. The third-order valence-corrected chi connectivity index (χ3v) is 4.23. The minimum Gasteiger partial charge on any atom is -0.497 e. The molecule has 2 aromatic heterocycles. The first-order valence-corrected chi connectivity index (χ1v) is 8.18. The van der Waals surface area contributed by atoms with Crippen LogP contribution >= 0.6 is 0 Å². The summed E-state index contributed by atoms with van der Waals surface area (Å²) >= 11 is 0. The number of ether oxygens (including phenoxy) is 2. The maximum Gasteiger partial charge on any atom is 0.231 e. The third kappa shape index (κ3) is 3.08. The van der Waals surface area contributed by atoms with Crippen LogP contribution in [0.3, 0.4) is 0 Å². The summed E-state index contributed by atoms with van der Waals surface area (Å²) in [5.74, 6) is 2.24. The van der Waals surface area contributed by atoms with Gasteiger partial charge in [0.15, 0.2) is 5.65 Å². The van der Waals surface area contributed by atoms with Crippen molar-refractivity contribution in [1.29, 1.82) is 0 Å². The highest BCUT2D eigenvalue weighted by atomic mass is 16.5. The number of aryl methyl sites for hydroxylation is 1. The zero-order valence-electron chi connectivity index (χ0n) is 14.3. The molecule has 4 rings (SSSR count). The molecule has 0 spiro atoms. The number of nitrogens with zero attached hydrogens (tertiary/aromatic N) is 5. The van der Waals surface area contributed by atoms with E-state index in [1.54, 1.807) is 11.8 Å². The van der Waals surface area contributed by atoms with Crippen molar-refractivity contribution < 1.29 is 9.47 Å². The fourth-order valence-corrected chi connectivity index (χ4v) is 2.88. The maximum absolute atomic E-state index is 5.45. The van der Waals surface area contributed by atoms with Gasteiger partial charge in [-0.05, 0) is 24.3 Å². The van der Waals surface area contributed by atoms with E-state index in [1.807, 2.05) is 37.5 Å². The van der Waals surface area contributed by atoms with Gasteiger partial charge in [-0.15, -0.1) is 0 Å². The van der Waals surface area contributed by atoms with Crippen molar-refractivity contribution in [3.8, 4) is 5.75 Å². The van der Waals surface area contributed by atoms with E-state index in [0.717, 1.165) is 41.4 Å². The van der Waals surface area contributed by atoms with Crippen molar-refractivity contribution in [3.05, 3.63) is 30.5 Å². The smallest absolute Gasteiger partial charge is 0.231 e. The molecule has 1 aliphatic rings. The van der Waals surface area contributed by atoms with E-state index in [9.17, 15) is 0 Å². The lowest BCUT2D eigenvalue weighted by molar-refractivity contribution is 0.122. The standard InChI is InChI=1S/C17H20N6O2/c1-22-15-14(11-18-22)16(23-7-9-25-10-8-23)21-17(20-15)19-12-3-5-13(24-2)6-4-12/h3-6,11H,7-10H2,1-2H3,(H,19,20,21). The molecule has 0 aliphatic carbocycles. The van der Waals surface area contributed by atoms with Gasteiger partial charge in [0.1, 0.15) is 11.6 Å². The molecule has 130 valence electrons. The predicted octanol–water partition coefficient (Wildman–Crippen LogP) is 1.95. The SMILES string of the molecule is COc1ccc(Nc2nc(N3CCOCC3)c3cnn(C)c3n2)cc1. The number of fused-ring (bicyclic) bond motifs is 1. The van der Waals surface area contributed by atoms with E-state index in [2.05, 4.69) is 20.3 Å². The molecule has 1 N–H and O–H groups in total. The maximum atomic E-state index is 5.45. The number of anilines is 3. The van der Waals surface area contributed by atoms with E-state index in [-0.39, 0.29) is 0 Å². The highest BCUT2D eigenvalue weighted by Gasteiger charge is 2.19. The second-order valence-corrected chi connectivity index (χ2v) is 5.83. The number of aromatic nitrogens is 4. The molecule has 1 aliphatic heterocycles. The van der Waals surface area contributed by atoms with Crippen molar-refractivity contribution in [2.45, 2.75) is 0 Å². The van der Waals surface area contributed by atoms with Crippen LogP contribution < -0.4 is 15.0 Å². The van der Waals surface area contributed by atoms with Crippen LogP contribution in [0.25, 0.3) is 11.0 Å². The molecule has 0 radical (unpaired) electrons. The first-order valence-electron chi connectivity index (χ1n) is 8.18. The van der Waals surface area contributed by atoms with Crippen molar-refractivity contribution in [1.82, 2.24) is 19.7 Å². The molecule has 8 nitrogen and oxygen atoms in total. The summed E-state index contributed by atoms with van der Waals surface area (Å²) in [6, 6.07) is 7.66. The van der Waals surface area contributed by atoms with Gasteiger partial charge in [0.05, 0.1) is 31.9 Å². The normalized spacial score (nSPS) is 14.7.